The number of rotatable bonds is 5. The van der Waals surface area contributed by atoms with Crippen LogP contribution in [0.2, 0.25) is 0 Å². The topological polar surface area (TPSA) is 12.0 Å². The molecule has 3 heteroatoms. The molecule has 0 atom stereocenters. The average Bonchev–Trinajstić information content (AvgIpc) is 2.61. The smallest absolute Gasteiger partial charge is 0.504 e. The Morgan fingerprint density at radius 3 is 2.54 bits per heavy atom. The van der Waals surface area contributed by atoms with Crippen molar-refractivity contribution in [2.75, 3.05) is 5.32 Å². The molecule has 1 aliphatic heterocycles. The summed E-state index contributed by atoms with van der Waals surface area (Å²) in [6, 6.07) is 18.2. The SMILES string of the molecule is C=[C-]CCc1[c-]c[c-]cc1.C=[C-]Cc1ccc2c(c1)NC(=C)CC2.[K+].[K+]. The fourth-order valence-electron chi connectivity index (χ4n) is 2.51. The number of hydrogen-bond donors (Lipinski definition) is 1. The number of aryl methyl sites for hydroxylation is 2. The van der Waals surface area contributed by atoms with Crippen LogP contribution >= 0.6 is 0 Å². The Morgan fingerprint density at radius 1 is 1.08 bits per heavy atom. The molecule has 0 fully saturated rings. The molecular weight excluding hydrogens is 368 g/mol. The minimum Gasteiger partial charge on any atom is -0.504 e. The molecule has 0 bridgehead atoms. The average molecular weight is 392 g/mol. The Morgan fingerprint density at radius 2 is 1.88 bits per heavy atom. The Hall–Kier alpha value is 0.733. The van der Waals surface area contributed by atoms with Crippen molar-refractivity contribution in [1.29, 1.82) is 0 Å². The van der Waals surface area contributed by atoms with Crippen LogP contribution in [0, 0.1) is 24.3 Å². The zero-order valence-electron chi connectivity index (χ0n) is 16.1. The molecule has 0 saturated heterocycles. The van der Waals surface area contributed by atoms with E-state index in [0.717, 1.165) is 37.8 Å². The summed E-state index contributed by atoms with van der Waals surface area (Å²) in [5, 5.41) is 3.32. The summed E-state index contributed by atoms with van der Waals surface area (Å²) in [5.41, 5.74) is 6.15. The van der Waals surface area contributed by atoms with Crippen molar-refractivity contribution in [2.24, 2.45) is 0 Å². The molecule has 2 aromatic carbocycles. The predicted octanol–water partition coefficient (Wildman–Crippen LogP) is -0.693. The van der Waals surface area contributed by atoms with Crippen molar-refractivity contribution < 1.29 is 103 Å². The fraction of sp³-hybridized carbons (Fsp3) is 0.217. The van der Waals surface area contributed by atoms with Crippen molar-refractivity contribution in [3.05, 3.63) is 103 Å². The van der Waals surface area contributed by atoms with Crippen LogP contribution in [-0.2, 0) is 19.3 Å². The number of allylic oxidation sites excluding steroid dienone is 3. The van der Waals surface area contributed by atoms with Gasteiger partial charge in [0.15, 0.2) is 0 Å². The van der Waals surface area contributed by atoms with E-state index in [4.69, 9.17) is 0 Å². The summed E-state index contributed by atoms with van der Waals surface area (Å²) >= 11 is 0. The standard InChI is InChI=1S/C13H14N.C10H9.2K/c1-3-4-11-6-8-12-7-5-10(2)14-13(12)9-11;1-2-3-7-10-8-5-4-6-9-10;;/h6,8-9,14H,1-2,4-5,7H2;5-6,8H,1,3,7H2;;/q-1;-3;2*+1. The maximum absolute atomic E-state index is 3.95. The van der Waals surface area contributed by atoms with Gasteiger partial charge in [0.1, 0.15) is 0 Å². The first kappa shape index (κ1) is 26.7. The van der Waals surface area contributed by atoms with Gasteiger partial charge in [0, 0.05) is 11.4 Å². The van der Waals surface area contributed by atoms with Gasteiger partial charge in [-0.25, -0.2) is 0 Å². The van der Waals surface area contributed by atoms with E-state index in [1.165, 1.54) is 22.4 Å². The van der Waals surface area contributed by atoms with Gasteiger partial charge >= 0.3 is 103 Å². The molecule has 0 aromatic heterocycles. The van der Waals surface area contributed by atoms with Gasteiger partial charge in [0.25, 0.3) is 0 Å². The van der Waals surface area contributed by atoms with Crippen molar-refractivity contribution >= 4 is 5.69 Å². The Kier molecular flexibility index (Phi) is 16.1. The minimum atomic E-state index is 0. The summed E-state index contributed by atoms with van der Waals surface area (Å²) in [7, 11) is 0. The molecule has 0 amide bonds. The second-order valence-corrected chi connectivity index (χ2v) is 5.71. The molecule has 3 rings (SSSR count). The largest absolute Gasteiger partial charge is 1.00 e. The minimum absolute atomic E-state index is 0. The fourth-order valence-corrected chi connectivity index (χ4v) is 2.51. The molecule has 1 nitrogen and oxygen atoms in total. The number of hydrogen-bond acceptors (Lipinski definition) is 1. The van der Waals surface area contributed by atoms with Gasteiger partial charge in [0.2, 0.25) is 0 Å². The van der Waals surface area contributed by atoms with Gasteiger partial charge in [0.05, 0.1) is 0 Å². The van der Waals surface area contributed by atoms with Crippen LogP contribution in [-0.4, -0.2) is 0 Å². The molecular formula is C23H23K2N-2. The van der Waals surface area contributed by atoms with Gasteiger partial charge in [-0.3, -0.25) is 30.9 Å². The summed E-state index contributed by atoms with van der Waals surface area (Å²) in [5.74, 6) is 0. The zero-order valence-corrected chi connectivity index (χ0v) is 22.4. The van der Waals surface area contributed by atoms with Crippen molar-refractivity contribution in [3.63, 3.8) is 0 Å². The van der Waals surface area contributed by atoms with E-state index in [1.807, 2.05) is 12.1 Å². The Balaban J connectivity index is 0.000000469. The van der Waals surface area contributed by atoms with Crippen molar-refractivity contribution in [2.45, 2.75) is 32.1 Å². The second-order valence-electron chi connectivity index (χ2n) is 5.71. The van der Waals surface area contributed by atoms with Crippen LogP contribution in [0.3, 0.4) is 0 Å². The van der Waals surface area contributed by atoms with Gasteiger partial charge in [-0.2, -0.15) is 12.8 Å². The Labute approximate surface area is 244 Å². The second kappa shape index (κ2) is 15.6. The number of anilines is 1. The number of nitrogens with one attached hydrogen (secondary N) is 1. The van der Waals surface area contributed by atoms with Crippen LogP contribution in [0.15, 0.2) is 61.8 Å². The van der Waals surface area contributed by atoms with E-state index in [0.29, 0.717) is 0 Å². The van der Waals surface area contributed by atoms with Gasteiger partial charge < -0.3 is 35.7 Å². The molecule has 1 N–H and O–H groups in total. The third-order valence-electron chi connectivity index (χ3n) is 3.80. The molecule has 0 spiro atoms. The van der Waals surface area contributed by atoms with Crippen molar-refractivity contribution in [1.82, 2.24) is 0 Å². The van der Waals surface area contributed by atoms with Gasteiger partial charge in [-0.1, -0.05) is 30.7 Å². The summed E-state index contributed by atoms with van der Waals surface area (Å²) in [4.78, 5) is 0. The first-order valence-corrected chi connectivity index (χ1v) is 8.16. The van der Waals surface area contributed by atoms with Crippen LogP contribution in [0.4, 0.5) is 5.69 Å². The molecule has 0 unspecified atom stereocenters. The van der Waals surface area contributed by atoms with E-state index in [2.05, 4.69) is 67.5 Å². The van der Waals surface area contributed by atoms with Crippen molar-refractivity contribution in [3.8, 4) is 0 Å². The molecule has 124 valence electrons. The quantitative estimate of drug-likeness (QED) is 0.525. The van der Waals surface area contributed by atoms with Crippen LogP contribution in [0.1, 0.15) is 29.5 Å². The predicted molar refractivity (Wildman–Crippen MR) is 101 cm³/mol. The van der Waals surface area contributed by atoms with Gasteiger partial charge in [-0.15, -0.1) is 0 Å². The third kappa shape index (κ3) is 9.78. The first-order chi connectivity index (χ1) is 11.7. The third-order valence-corrected chi connectivity index (χ3v) is 3.80. The monoisotopic (exact) mass is 391 g/mol. The maximum Gasteiger partial charge on any atom is 1.00 e. The molecule has 1 aliphatic rings. The van der Waals surface area contributed by atoms with Crippen LogP contribution < -0.4 is 108 Å². The summed E-state index contributed by atoms with van der Waals surface area (Å²) < 4.78 is 0. The maximum atomic E-state index is 3.95. The zero-order chi connectivity index (χ0) is 17.2. The molecule has 0 radical (unpaired) electrons. The summed E-state index contributed by atoms with van der Waals surface area (Å²) in [6.07, 6.45) is 10.6. The van der Waals surface area contributed by atoms with Crippen LogP contribution in [0.25, 0.3) is 0 Å². The van der Waals surface area contributed by atoms with E-state index < -0.39 is 0 Å². The normalized spacial score (nSPS) is 11.3. The van der Waals surface area contributed by atoms with Crippen LogP contribution in [0.5, 0.6) is 0 Å². The molecule has 2 aromatic rings. The number of fused-ring (bicyclic) bond motifs is 1. The number of benzene rings is 2. The summed E-state index contributed by atoms with van der Waals surface area (Å²) in [6.45, 7) is 11.1. The van der Waals surface area contributed by atoms with E-state index in [1.54, 1.807) is 6.07 Å². The van der Waals surface area contributed by atoms with E-state index >= 15 is 0 Å². The molecule has 26 heavy (non-hydrogen) atoms. The first-order valence-electron chi connectivity index (χ1n) is 8.16. The Bertz CT molecular complexity index is 693. The van der Waals surface area contributed by atoms with E-state index in [-0.39, 0.29) is 103 Å². The van der Waals surface area contributed by atoms with E-state index in [9.17, 15) is 0 Å². The molecule has 1 heterocycles. The molecule has 0 aliphatic carbocycles. The molecule has 0 saturated carbocycles. The van der Waals surface area contributed by atoms with Gasteiger partial charge in [-0.05, 0) is 24.5 Å².